The Balaban J connectivity index is 2.33. The van der Waals surface area contributed by atoms with E-state index < -0.39 is 11.9 Å². The number of rotatable bonds is 6. The molecule has 0 spiro atoms. The predicted molar refractivity (Wildman–Crippen MR) is 101 cm³/mol. The van der Waals surface area contributed by atoms with Crippen molar-refractivity contribution in [3.05, 3.63) is 70.8 Å². The lowest BCUT2D eigenvalue weighted by atomic mass is 9.98. The molecular weight excluding hydrogens is 330 g/mol. The number of benzene rings is 2. The van der Waals surface area contributed by atoms with Crippen LogP contribution in [-0.2, 0) is 9.59 Å². The van der Waals surface area contributed by atoms with Crippen LogP contribution < -0.4 is 5.32 Å². The standard InChI is InChI=1S/C21H21NO4/c1-13(2)19(23)18(12-15-7-5-4-6-8-15)20(24)22-16-9-10-17(21(25)26)14(3)11-16/h4-13H,1-3H3,(H,22,24)(H,25,26)/b18-12+. The fourth-order valence-corrected chi connectivity index (χ4v) is 2.46. The summed E-state index contributed by atoms with van der Waals surface area (Å²) in [5.41, 5.74) is 1.95. The average molecular weight is 351 g/mol. The number of amides is 1. The molecule has 0 atom stereocenters. The molecule has 2 rings (SSSR count). The number of nitrogens with one attached hydrogen (secondary N) is 1. The van der Waals surface area contributed by atoms with Crippen LogP contribution in [0.4, 0.5) is 5.69 Å². The molecule has 2 aromatic carbocycles. The van der Waals surface area contributed by atoms with Crippen LogP contribution in [-0.4, -0.2) is 22.8 Å². The molecule has 134 valence electrons. The number of carbonyl (C=O) groups excluding carboxylic acids is 2. The minimum atomic E-state index is -1.03. The number of Topliss-reactive ketones (excluding diaryl/α,β-unsaturated/α-hetero) is 1. The Morgan fingerprint density at radius 3 is 2.23 bits per heavy atom. The van der Waals surface area contributed by atoms with E-state index in [9.17, 15) is 14.4 Å². The monoisotopic (exact) mass is 351 g/mol. The van der Waals surface area contributed by atoms with E-state index in [1.807, 2.05) is 30.3 Å². The molecule has 0 fully saturated rings. The van der Waals surface area contributed by atoms with Crippen molar-refractivity contribution >= 4 is 29.4 Å². The number of carboxylic acid groups (broad SMARTS) is 1. The lowest BCUT2D eigenvalue weighted by Crippen LogP contribution is -2.23. The molecule has 5 heteroatoms. The molecule has 0 bridgehead atoms. The Kier molecular flexibility index (Phi) is 6.07. The largest absolute Gasteiger partial charge is 0.478 e. The van der Waals surface area contributed by atoms with Crippen LogP contribution in [0.2, 0.25) is 0 Å². The highest BCUT2D eigenvalue weighted by atomic mass is 16.4. The number of aryl methyl sites for hydroxylation is 1. The first-order valence-electron chi connectivity index (χ1n) is 8.26. The van der Waals surface area contributed by atoms with Crippen molar-refractivity contribution in [3.63, 3.8) is 0 Å². The summed E-state index contributed by atoms with van der Waals surface area (Å²) < 4.78 is 0. The van der Waals surface area contributed by atoms with Gasteiger partial charge in [0.1, 0.15) is 0 Å². The normalized spacial score (nSPS) is 11.3. The Bertz CT molecular complexity index is 867. The molecule has 0 unspecified atom stereocenters. The summed E-state index contributed by atoms with van der Waals surface area (Å²) in [5, 5.41) is 11.8. The molecule has 2 N–H and O–H groups in total. The second-order valence-electron chi connectivity index (χ2n) is 6.28. The summed E-state index contributed by atoms with van der Waals surface area (Å²) in [5.74, 6) is -2.13. The third kappa shape index (κ3) is 4.66. The van der Waals surface area contributed by atoms with E-state index >= 15 is 0 Å². The minimum absolute atomic E-state index is 0.0613. The molecule has 0 aromatic heterocycles. The Morgan fingerprint density at radius 2 is 1.69 bits per heavy atom. The van der Waals surface area contributed by atoms with Gasteiger partial charge in [-0.25, -0.2) is 4.79 Å². The van der Waals surface area contributed by atoms with Crippen molar-refractivity contribution in [1.82, 2.24) is 0 Å². The zero-order valence-electron chi connectivity index (χ0n) is 14.9. The summed E-state index contributed by atoms with van der Waals surface area (Å²) in [7, 11) is 0. The highest BCUT2D eigenvalue weighted by Crippen LogP contribution is 2.18. The number of ketones is 1. The smallest absolute Gasteiger partial charge is 0.335 e. The number of carbonyl (C=O) groups is 3. The van der Waals surface area contributed by atoms with Crippen LogP contribution in [0.3, 0.4) is 0 Å². The number of anilines is 1. The maximum atomic E-state index is 12.7. The first-order valence-corrected chi connectivity index (χ1v) is 8.26. The molecule has 0 saturated carbocycles. The molecule has 26 heavy (non-hydrogen) atoms. The van der Waals surface area contributed by atoms with Crippen molar-refractivity contribution in [2.24, 2.45) is 5.92 Å². The van der Waals surface area contributed by atoms with E-state index in [1.54, 1.807) is 32.9 Å². The van der Waals surface area contributed by atoms with Gasteiger partial charge >= 0.3 is 5.97 Å². The van der Waals surface area contributed by atoms with Gasteiger partial charge < -0.3 is 10.4 Å². The van der Waals surface area contributed by atoms with Gasteiger partial charge in [0.05, 0.1) is 11.1 Å². The van der Waals surface area contributed by atoms with Crippen molar-refractivity contribution in [1.29, 1.82) is 0 Å². The molecule has 0 radical (unpaired) electrons. The summed E-state index contributed by atoms with van der Waals surface area (Å²) in [4.78, 5) is 36.2. The van der Waals surface area contributed by atoms with Gasteiger partial charge in [0.2, 0.25) is 0 Å². The second-order valence-corrected chi connectivity index (χ2v) is 6.28. The first-order chi connectivity index (χ1) is 12.3. The molecule has 0 aliphatic carbocycles. The highest BCUT2D eigenvalue weighted by Gasteiger charge is 2.21. The molecule has 0 aliphatic rings. The van der Waals surface area contributed by atoms with Crippen LogP contribution >= 0.6 is 0 Å². The molecule has 0 aliphatic heterocycles. The maximum absolute atomic E-state index is 12.7. The van der Waals surface area contributed by atoms with Gasteiger partial charge in [-0.05, 0) is 42.3 Å². The van der Waals surface area contributed by atoms with E-state index in [0.717, 1.165) is 5.56 Å². The van der Waals surface area contributed by atoms with Crippen molar-refractivity contribution < 1.29 is 19.5 Å². The Labute approximate surface area is 152 Å². The fourth-order valence-electron chi connectivity index (χ4n) is 2.46. The van der Waals surface area contributed by atoms with Crippen LogP contribution in [0.25, 0.3) is 6.08 Å². The predicted octanol–water partition coefficient (Wildman–Crippen LogP) is 3.94. The van der Waals surface area contributed by atoms with E-state index in [0.29, 0.717) is 11.3 Å². The molecule has 2 aromatic rings. The summed E-state index contributed by atoms with van der Waals surface area (Å²) >= 11 is 0. The Hall–Kier alpha value is -3.21. The molecule has 5 nitrogen and oxygen atoms in total. The molecule has 1 amide bonds. The van der Waals surface area contributed by atoms with Gasteiger partial charge in [0, 0.05) is 11.6 Å². The van der Waals surface area contributed by atoms with E-state index in [-0.39, 0.29) is 22.8 Å². The van der Waals surface area contributed by atoms with Crippen molar-refractivity contribution in [3.8, 4) is 0 Å². The SMILES string of the molecule is Cc1cc(NC(=O)/C(=C/c2ccccc2)C(=O)C(C)C)ccc1C(=O)O. The summed E-state index contributed by atoms with van der Waals surface area (Å²) in [6.07, 6.45) is 1.57. The maximum Gasteiger partial charge on any atom is 0.335 e. The van der Waals surface area contributed by atoms with Crippen molar-refractivity contribution in [2.45, 2.75) is 20.8 Å². The molecule has 0 saturated heterocycles. The van der Waals surface area contributed by atoms with Crippen LogP contribution in [0, 0.1) is 12.8 Å². The minimum Gasteiger partial charge on any atom is -0.478 e. The van der Waals surface area contributed by atoms with Crippen LogP contribution in [0.1, 0.15) is 35.3 Å². The molecular formula is C21H21NO4. The lowest BCUT2D eigenvalue weighted by Gasteiger charge is -2.12. The van der Waals surface area contributed by atoms with Gasteiger partial charge in [0.25, 0.3) is 5.91 Å². The van der Waals surface area contributed by atoms with E-state index in [1.165, 1.54) is 12.1 Å². The van der Waals surface area contributed by atoms with Gasteiger partial charge in [-0.3, -0.25) is 9.59 Å². The Morgan fingerprint density at radius 1 is 1.04 bits per heavy atom. The third-order valence-electron chi connectivity index (χ3n) is 3.86. The number of carboxylic acids is 1. The fraction of sp³-hybridized carbons (Fsp3) is 0.190. The quantitative estimate of drug-likeness (QED) is 0.469. The zero-order chi connectivity index (χ0) is 19.3. The third-order valence-corrected chi connectivity index (χ3v) is 3.86. The van der Waals surface area contributed by atoms with Crippen molar-refractivity contribution in [2.75, 3.05) is 5.32 Å². The lowest BCUT2D eigenvalue weighted by molar-refractivity contribution is -0.121. The number of hydrogen-bond acceptors (Lipinski definition) is 3. The highest BCUT2D eigenvalue weighted by molar-refractivity contribution is 6.26. The average Bonchev–Trinajstić information content (AvgIpc) is 2.59. The molecule has 0 heterocycles. The number of aromatic carboxylic acids is 1. The van der Waals surface area contributed by atoms with Gasteiger partial charge in [-0.15, -0.1) is 0 Å². The zero-order valence-corrected chi connectivity index (χ0v) is 14.9. The van der Waals surface area contributed by atoms with E-state index in [2.05, 4.69) is 5.32 Å². The van der Waals surface area contributed by atoms with E-state index in [4.69, 9.17) is 5.11 Å². The number of hydrogen-bond donors (Lipinski definition) is 2. The summed E-state index contributed by atoms with van der Waals surface area (Å²) in [6.45, 7) is 5.12. The van der Waals surface area contributed by atoms with Gasteiger partial charge in [-0.1, -0.05) is 44.2 Å². The second kappa shape index (κ2) is 8.25. The van der Waals surface area contributed by atoms with Gasteiger partial charge in [-0.2, -0.15) is 0 Å². The topological polar surface area (TPSA) is 83.5 Å². The first kappa shape index (κ1) is 19.1. The summed E-state index contributed by atoms with van der Waals surface area (Å²) in [6, 6.07) is 13.6. The van der Waals surface area contributed by atoms with Gasteiger partial charge in [0.15, 0.2) is 5.78 Å². The van der Waals surface area contributed by atoms with Crippen LogP contribution in [0.15, 0.2) is 54.1 Å². The van der Waals surface area contributed by atoms with Crippen LogP contribution in [0.5, 0.6) is 0 Å².